The summed E-state index contributed by atoms with van der Waals surface area (Å²) in [4.78, 5) is 16.1. The van der Waals surface area contributed by atoms with Crippen LogP contribution in [-0.2, 0) is 6.54 Å². The predicted molar refractivity (Wildman–Crippen MR) is 111 cm³/mol. The van der Waals surface area contributed by atoms with Gasteiger partial charge in [-0.1, -0.05) is 12.1 Å². The van der Waals surface area contributed by atoms with E-state index >= 15 is 0 Å². The molecule has 0 saturated carbocycles. The third-order valence-electron chi connectivity index (χ3n) is 4.56. The Balaban J connectivity index is 1.57. The van der Waals surface area contributed by atoms with Crippen molar-refractivity contribution in [3.63, 3.8) is 0 Å². The fourth-order valence-electron chi connectivity index (χ4n) is 3.17. The molecule has 0 bridgehead atoms. The highest BCUT2D eigenvalue weighted by atomic mass is 16.5. The lowest BCUT2D eigenvalue weighted by Gasteiger charge is -2.24. The molecule has 0 fully saturated rings. The molecule has 7 heteroatoms. The number of aromatic nitrogens is 1. The van der Waals surface area contributed by atoms with Gasteiger partial charge in [-0.2, -0.15) is 0 Å². The molecule has 0 aliphatic carbocycles. The van der Waals surface area contributed by atoms with E-state index < -0.39 is 6.10 Å². The first-order valence-electron chi connectivity index (χ1n) is 9.47. The molecule has 2 aromatic carbocycles. The Kier molecular flexibility index (Phi) is 7.24. The predicted octanol–water partition coefficient (Wildman–Crippen LogP) is 1.77. The standard InChI is InChI=1S/C22H26N2O5/c1-28-19-4-2-3-16(11-19)13-24(9-10-25)14-18(26)15-29-20-6-7-21-17(12-20)5-8-22(27)23-21/h2-8,11-12,18,25-26H,9-10,13-15H2,1H3,(H,23,27). The zero-order valence-corrected chi connectivity index (χ0v) is 16.4. The monoisotopic (exact) mass is 398 g/mol. The molecule has 3 aromatic rings. The molecule has 0 radical (unpaired) electrons. The largest absolute Gasteiger partial charge is 0.497 e. The summed E-state index contributed by atoms with van der Waals surface area (Å²) in [7, 11) is 1.62. The van der Waals surface area contributed by atoms with Crippen molar-refractivity contribution in [2.24, 2.45) is 0 Å². The second kappa shape index (κ2) is 10.1. The van der Waals surface area contributed by atoms with Crippen molar-refractivity contribution in [3.05, 3.63) is 70.5 Å². The number of aliphatic hydroxyl groups is 2. The van der Waals surface area contributed by atoms with Crippen molar-refractivity contribution in [1.82, 2.24) is 9.88 Å². The first-order chi connectivity index (χ1) is 14.1. The van der Waals surface area contributed by atoms with Crippen LogP contribution in [0, 0.1) is 0 Å². The number of rotatable bonds is 10. The second-order valence-corrected chi connectivity index (χ2v) is 6.85. The van der Waals surface area contributed by atoms with Gasteiger partial charge < -0.3 is 24.7 Å². The molecule has 0 spiro atoms. The minimum Gasteiger partial charge on any atom is -0.497 e. The van der Waals surface area contributed by atoms with Gasteiger partial charge in [-0.3, -0.25) is 9.69 Å². The Bertz CT molecular complexity index is 988. The summed E-state index contributed by atoms with van der Waals surface area (Å²) in [5, 5.41) is 20.6. The number of nitrogens with zero attached hydrogens (tertiary/aromatic N) is 1. The normalized spacial score (nSPS) is 12.3. The Morgan fingerprint density at radius 1 is 1.10 bits per heavy atom. The SMILES string of the molecule is COc1cccc(CN(CCO)CC(O)COc2ccc3[nH]c(=O)ccc3c2)c1. The quantitative estimate of drug-likeness (QED) is 0.482. The van der Waals surface area contributed by atoms with Gasteiger partial charge in [0.25, 0.3) is 0 Å². The van der Waals surface area contributed by atoms with E-state index in [0.717, 1.165) is 22.2 Å². The third-order valence-corrected chi connectivity index (χ3v) is 4.56. The number of aliphatic hydroxyl groups excluding tert-OH is 2. The number of aromatic amines is 1. The molecule has 0 aliphatic heterocycles. The van der Waals surface area contributed by atoms with E-state index in [1.807, 2.05) is 35.2 Å². The minimum absolute atomic E-state index is 0.000419. The fourth-order valence-corrected chi connectivity index (χ4v) is 3.17. The van der Waals surface area contributed by atoms with Gasteiger partial charge in [-0.05, 0) is 42.0 Å². The Labute approximate surface area is 169 Å². The van der Waals surface area contributed by atoms with E-state index in [-0.39, 0.29) is 18.8 Å². The van der Waals surface area contributed by atoms with Crippen LogP contribution in [0.4, 0.5) is 0 Å². The molecule has 0 aliphatic rings. The molecular weight excluding hydrogens is 372 g/mol. The zero-order chi connectivity index (χ0) is 20.6. The van der Waals surface area contributed by atoms with E-state index in [9.17, 15) is 15.0 Å². The van der Waals surface area contributed by atoms with E-state index in [2.05, 4.69) is 4.98 Å². The van der Waals surface area contributed by atoms with E-state index in [1.54, 1.807) is 25.3 Å². The average Bonchev–Trinajstić information content (AvgIpc) is 2.72. The van der Waals surface area contributed by atoms with Crippen molar-refractivity contribution in [1.29, 1.82) is 0 Å². The number of hydrogen-bond acceptors (Lipinski definition) is 6. The van der Waals surface area contributed by atoms with Crippen molar-refractivity contribution in [2.75, 3.05) is 33.4 Å². The molecule has 0 saturated heterocycles. The van der Waals surface area contributed by atoms with Gasteiger partial charge in [0.05, 0.1) is 13.7 Å². The number of fused-ring (bicyclic) bond motifs is 1. The van der Waals surface area contributed by atoms with Crippen LogP contribution in [0.5, 0.6) is 11.5 Å². The van der Waals surface area contributed by atoms with Gasteiger partial charge in [0.1, 0.15) is 24.2 Å². The number of benzene rings is 2. The average molecular weight is 398 g/mol. The number of methoxy groups -OCH3 is 1. The smallest absolute Gasteiger partial charge is 0.248 e. The molecule has 7 nitrogen and oxygen atoms in total. The fraction of sp³-hybridized carbons (Fsp3) is 0.318. The van der Waals surface area contributed by atoms with Crippen LogP contribution in [0.15, 0.2) is 59.4 Å². The minimum atomic E-state index is -0.724. The van der Waals surface area contributed by atoms with E-state index in [0.29, 0.717) is 25.4 Å². The summed E-state index contributed by atoms with van der Waals surface area (Å²) < 4.78 is 11.0. The number of hydrogen-bond donors (Lipinski definition) is 3. The van der Waals surface area contributed by atoms with Crippen molar-refractivity contribution < 1.29 is 19.7 Å². The number of pyridine rings is 1. The first kappa shape index (κ1) is 20.9. The topological polar surface area (TPSA) is 95.0 Å². The Morgan fingerprint density at radius 2 is 1.97 bits per heavy atom. The van der Waals surface area contributed by atoms with E-state index in [4.69, 9.17) is 9.47 Å². The summed E-state index contributed by atoms with van der Waals surface area (Å²) >= 11 is 0. The lowest BCUT2D eigenvalue weighted by atomic mass is 10.2. The lowest BCUT2D eigenvalue weighted by molar-refractivity contribution is 0.0590. The molecule has 1 atom stereocenters. The summed E-state index contributed by atoms with van der Waals surface area (Å²) in [5.41, 5.74) is 1.62. The summed E-state index contributed by atoms with van der Waals surface area (Å²) in [6.45, 7) is 1.50. The molecular formula is C22H26N2O5. The number of H-pyrrole nitrogens is 1. The Hall–Kier alpha value is -2.87. The molecule has 3 N–H and O–H groups in total. The molecule has 154 valence electrons. The van der Waals surface area contributed by atoms with Crippen LogP contribution < -0.4 is 15.0 Å². The van der Waals surface area contributed by atoms with Crippen LogP contribution in [0.3, 0.4) is 0 Å². The van der Waals surface area contributed by atoms with Gasteiger partial charge in [0, 0.05) is 36.6 Å². The number of ether oxygens (including phenoxy) is 2. The van der Waals surface area contributed by atoms with Crippen LogP contribution >= 0.6 is 0 Å². The van der Waals surface area contributed by atoms with Gasteiger partial charge in [0.15, 0.2) is 0 Å². The highest BCUT2D eigenvalue weighted by molar-refractivity contribution is 5.79. The maximum atomic E-state index is 11.4. The highest BCUT2D eigenvalue weighted by Crippen LogP contribution is 2.19. The Morgan fingerprint density at radius 3 is 2.76 bits per heavy atom. The summed E-state index contributed by atoms with van der Waals surface area (Å²) in [6, 6.07) is 16.3. The summed E-state index contributed by atoms with van der Waals surface area (Å²) in [6.07, 6.45) is -0.724. The van der Waals surface area contributed by atoms with Crippen LogP contribution in [-0.4, -0.2) is 59.6 Å². The molecule has 29 heavy (non-hydrogen) atoms. The van der Waals surface area contributed by atoms with Gasteiger partial charge in [-0.15, -0.1) is 0 Å². The van der Waals surface area contributed by atoms with E-state index in [1.165, 1.54) is 6.07 Å². The molecule has 1 heterocycles. The van der Waals surface area contributed by atoms with Crippen molar-refractivity contribution in [2.45, 2.75) is 12.6 Å². The van der Waals surface area contributed by atoms with Gasteiger partial charge >= 0.3 is 0 Å². The second-order valence-electron chi connectivity index (χ2n) is 6.85. The first-order valence-corrected chi connectivity index (χ1v) is 9.47. The molecule has 1 aromatic heterocycles. The molecule has 1 unspecified atom stereocenters. The molecule has 0 amide bonds. The van der Waals surface area contributed by atoms with Crippen LogP contribution in [0.1, 0.15) is 5.56 Å². The van der Waals surface area contributed by atoms with Crippen molar-refractivity contribution >= 4 is 10.9 Å². The zero-order valence-electron chi connectivity index (χ0n) is 16.4. The maximum Gasteiger partial charge on any atom is 0.248 e. The van der Waals surface area contributed by atoms with Crippen LogP contribution in [0.25, 0.3) is 10.9 Å². The van der Waals surface area contributed by atoms with Gasteiger partial charge in [0.2, 0.25) is 5.56 Å². The third kappa shape index (κ3) is 6.05. The summed E-state index contributed by atoms with van der Waals surface area (Å²) in [5.74, 6) is 1.39. The lowest BCUT2D eigenvalue weighted by Crippen LogP contribution is -2.37. The highest BCUT2D eigenvalue weighted by Gasteiger charge is 2.13. The maximum absolute atomic E-state index is 11.4. The van der Waals surface area contributed by atoms with Crippen LogP contribution in [0.2, 0.25) is 0 Å². The molecule has 3 rings (SSSR count). The number of nitrogens with one attached hydrogen (secondary N) is 1. The van der Waals surface area contributed by atoms with Gasteiger partial charge in [-0.25, -0.2) is 0 Å². The van der Waals surface area contributed by atoms with Crippen molar-refractivity contribution in [3.8, 4) is 11.5 Å².